The van der Waals surface area contributed by atoms with Crippen LogP contribution in [0.25, 0.3) is 0 Å². The highest BCUT2D eigenvalue weighted by molar-refractivity contribution is 4.99. The van der Waals surface area contributed by atoms with E-state index in [-0.39, 0.29) is 0 Å². The van der Waals surface area contributed by atoms with E-state index in [0.29, 0.717) is 6.04 Å². The molecular formula is C13H23N3. The van der Waals surface area contributed by atoms with Crippen LogP contribution in [0.5, 0.6) is 0 Å². The van der Waals surface area contributed by atoms with Gasteiger partial charge in [0.15, 0.2) is 0 Å². The zero-order chi connectivity index (χ0) is 11.4. The second-order valence-electron chi connectivity index (χ2n) is 5.02. The van der Waals surface area contributed by atoms with Gasteiger partial charge in [-0.15, -0.1) is 0 Å². The van der Waals surface area contributed by atoms with Gasteiger partial charge in [-0.3, -0.25) is 4.68 Å². The van der Waals surface area contributed by atoms with Gasteiger partial charge in [-0.05, 0) is 31.7 Å². The summed E-state index contributed by atoms with van der Waals surface area (Å²) in [6.45, 7) is 3.38. The zero-order valence-corrected chi connectivity index (χ0v) is 10.4. The predicted octanol–water partition coefficient (Wildman–Crippen LogP) is 2.13. The van der Waals surface area contributed by atoms with Crippen LogP contribution >= 0.6 is 0 Å². The number of rotatable bonds is 5. The summed E-state index contributed by atoms with van der Waals surface area (Å²) >= 11 is 0. The second-order valence-corrected chi connectivity index (χ2v) is 5.02. The molecule has 3 nitrogen and oxygen atoms in total. The van der Waals surface area contributed by atoms with Crippen LogP contribution in [0.4, 0.5) is 0 Å². The molecule has 1 aromatic rings. The molecule has 1 aromatic heterocycles. The van der Waals surface area contributed by atoms with E-state index >= 15 is 0 Å². The van der Waals surface area contributed by atoms with Crippen LogP contribution in [-0.2, 0) is 13.5 Å². The minimum absolute atomic E-state index is 0.672. The second kappa shape index (κ2) is 5.48. The number of hydrogen-bond acceptors (Lipinski definition) is 2. The molecule has 1 saturated carbocycles. The van der Waals surface area contributed by atoms with Crippen LogP contribution in [-0.4, -0.2) is 22.4 Å². The Balaban J connectivity index is 1.67. The SMILES string of the molecule is CC(NCCc1ccn(C)n1)C1CCCC1. The third-order valence-electron chi connectivity index (χ3n) is 3.72. The van der Waals surface area contributed by atoms with E-state index in [1.807, 2.05) is 17.9 Å². The normalized spacial score (nSPS) is 19.1. The van der Waals surface area contributed by atoms with Gasteiger partial charge in [0.05, 0.1) is 5.69 Å². The van der Waals surface area contributed by atoms with Crippen LogP contribution in [0.3, 0.4) is 0 Å². The molecule has 1 aliphatic rings. The average Bonchev–Trinajstić information content (AvgIpc) is 2.89. The van der Waals surface area contributed by atoms with Crippen LogP contribution in [0.15, 0.2) is 12.3 Å². The van der Waals surface area contributed by atoms with Gasteiger partial charge in [-0.2, -0.15) is 5.10 Å². The molecule has 0 bridgehead atoms. The molecule has 90 valence electrons. The van der Waals surface area contributed by atoms with Gasteiger partial charge in [0.1, 0.15) is 0 Å². The first-order chi connectivity index (χ1) is 7.75. The molecule has 0 aromatic carbocycles. The summed E-state index contributed by atoms with van der Waals surface area (Å²) in [6.07, 6.45) is 8.73. The first kappa shape index (κ1) is 11.6. The van der Waals surface area contributed by atoms with Crippen molar-refractivity contribution >= 4 is 0 Å². The Morgan fingerprint density at radius 1 is 1.50 bits per heavy atom. The van der Waals surface area contributed by atoms with E-state index in [2.05, 4.69) is 23.4 Å². The van der Waals surface area contributed by atoms with Crippen LogP contribution in [0.2, 0.25) is 0 Å². The maximum absolute atomic E-state index is 4.38. The topological polar surface area (TPSA) is 29.9 Å². The minimum atomic E-state index is 0.672. The summed E-state index contributed by atoms with van der Waals surface area (Å²) in [7, 11) is 1.97. The van der Waals surface area contributed by atoms with Crippen molar-refractivity contribution in [2.75, 3.05) is 6.54 Å². The molecule has 0 spiro atoms. The molecule has 3 heteroatoms. The molecule has 1 aliphatic carbocycles. The van der Waals surface area contributed by atoms with Gasteiger partial charge >= 0.3 is 0 Å². The molecule has 1 unspecified atom stereocenters. The highest BCUT2D eigenvalue weighted by Gasteiger charge is 2.20. The standard InChI is InChI=1S/C13H23N3/c1-11(12-5-3-4-6-12)14-9-7-13-8-10-16(2)15-13/h8,10-12,14H,3-7,9H2,1-2H3. The molecule has 0 radical (unpaired) electrons. The summed E-state index contributed by atoms with van der Waals surface area (Å²) in [5.41, 5.74) is 1.19. The van der Waals surface area contributed by atoms with Crippen molar-refractivity contribution in [3.05, 3.63) is 18.0 Å². The van der Waals surface area contributed by atoms with Crippen molar-refractivity contribution in [2.45, 2.75) is 45.1 Å². The van der Waals surface area contributed by atoms with E-state index in [1.165, 1.54) is 31.4 Å². The zero-order valence-electron chi connectivity index (χ0n) is 10.4. The van der Waals surface area contributed by atoms with E-state index in [1.54, 1.807) is 0 Å². The van der Waals surface area contributed by atoms with Gasteiger partial charge in [0.25, 0.3) is 0 Å². The van der Waals surface area contributed by atoms with Gasteiger partial charge in [-0.25, -0.2) is 0 Å². The van der Waals surface area contributed by atoms with Crippen molar-refractivity contribution in [2.24, 2.45) is 13.0 Å². The smallest absolute Gasteiger partial charge is 0.0637 e. The first-order valence-corrected chi connectivity index (χ1v) is 6.47. The van der Waals surface area contributed by atoms with Crippen molar-refractivity contribution in [3.63, 3.8) is 0 Å². The average molecular weight is 221 g/mol. The number of nitrogens with zero attached hydrogens (tertiary/aromatic N) is 2. The number of nitrogens with one attached hydrogen (secondary N) is 1. The van der Waals surface area contributed by atoms with E-state index < -0.39 is 0 Å². The molecule has 1 N–H and O–H groups in total. The molecule has 0 amide bonds. The van der Waals surface area contributed by atoms with Crippen LogP contribution in [0, 0.1) is 5.92 Å². The Hall–Kier alpha value is -0.830. The quantitative estimate of drug-likeness (QED) is 0.825. The molecule has 2 rings (SSSR count). The molecule has 1 fully saturated rings. The molecule has 1 heterocycles. The molecule has 0 aliphatic heterocycles. The number of hydrogen-bond donors (Lipinski definition) is 1. The highest BCUT2D eigenvalue weighted by Crippen LogP contribution is 2.27. The number of aryl methyl sites for hydroxylation is 1. The monoisotopic (exact) mass is 221 g/mol. The summed E-state index contributed by atoms with van der Waals surface area (Å²) in [5, 5.41) is 8.01. The lowest BCUT2D eigenvalue weighted by Gasteiger charge is -2.20. The third-order valence-corrected chi connectivity index (χ3v) is 3.72. The summed E-state index contributed by atoms with van der Waals surface area (Å²) in [6, 6.07) is 2.77. The highest BCUT2D eigenvalue weighted by atomic mass is 15.2. The summed E-state index contributed by atoms with van der Waals surface area (Å²) in [4.78, 5) is 0. The fraction of sp³-hybridized carbons (Fsp3) is 0.769. The molecule has 16 heavy (non-hydrogen) atoms. The number of aromatic nitrogens is 2. The third kappa shape index (κ3) is 3.08. The Morgan fingerprint density at radius 3 is 2.88 bits per heavy atom. The Bertz CT molecular complexity index is 313. The largest absolute Gasteiger partial charge is 0.314 e. The van der Waals surface area contributed by atoms with Gasteiger partial charge in [-0.1, -0.05) is 12.8 Å². The predicted molar refractivity (Wildman–Crippen MR) is 66.3 cm³/mol. The first-order valence-electron chi connectivity index (χ1n) is 6.47. The van der Waals surface area contributed by atoms with Crippen molar-refractivity contribution in [1.29, 1.82) is 0 Å². The van der Waals surface area contributed by atoms with Gasteiger partial charge < -0.3 is 5.32 Å². The van der Waals surface area contributed by atoms with Gasteiger partial charge in [0, 0.05) is 32.3 Å². The maximum atomic E-state index is 4.38. The lowest BCUT2D eigenvalue weighted by molar-refractivity contribution is 0.383. The molecule has 0 saturated heterocycles. The van der Waals surface area contributed by atoms with Crippen LogP contribution in [0.1, 0.15) is 38.3 Å². The Morgan fingerprint density at radius 2 is 2.25 bits per heavy atom. The van der Waals surface area contributed by atoms with E-state index in [9.17, 15) is 0 Å². The lowest BCUT2D eigenvalue weighted by atomic mass is 10.00. The minimum Gasteiger partial charge on any atom is -0.314 e. The lowest BCUT2D eigenvalue weighted by Crippen LogP contribution is -2.33. The van der Waals surface area contributed by atoms with E-state index in [0.717, 1.165) is 18.9 Å². The van der Waals surface area contributed by atoms with Crippen molar-refractivity contribution in [3.8, 4) is 0 Å². The van der Waals surface area contributed by atoms with E-state index in [4.69, 9.17) is 0 Å². The molecular weight excluding hydrogens is 198 g/mol. The summed E-state index contributed by atoms with van der Waals surface area (Å²) < 4.78 is 1.87. The fourth-order valence-electron chi connectivity index (χ4n) is 2.65. The van der Waals surface area contributed by atoms with Crippen molar-refractivity contribution < 1.29 is 0 Å². The van der Waals surface area contributed by atoms with Crippen LogP contribution < -0.4 is 5.32 Å². The Kier molecular flexibility index (Phi) is 3.99. The Labute approximate surface area is 98.2 Å². The van der Waals surface area contributed by atoms with Crippen molar-refractivity contribution in [1.82, 2.24) is 15.1 Å². The summed E-state index contributed by atoms with van der Waals surface area (Å²) in [5.74, 6) is 0.906. The molecule has 1 atom stereocenters. The maximum Gasteiger partial charge on any atom is 0.0637 e. The fourth-order valence-corrected chi connectivity index (χ4v) is 2.65. The van der Waals surface area contributed by atoms with Gasteiger partial charge in [0.2, 0.25) is 0 Å².